The number of hydrogen-bond acceptors (Lipinski definition) is 5. The molecule has 0 aromatic rings. The Hall–Kier alpha value is -2.16. The van der Waals surface area contributed by atoms with Crippen LogP contribution in [0.4, 0.5) is 0 Å². The number of β-amino-alcohol motifs (C(OH)–C–C–N with tert-alkyl or cyclic N) is 1. The predicted molar refractivity (Wildman–Crippen MR) is 60.9 cm³/mol. The topological polar surface area (TPSA) is 136 Å². The van der Waals surface area contributed by atoms with E-state index in [1.54, 1.807) is 0 Å². The van der Waals surface area contributed by atoms with E-state index in [0.717, 1.165) is 0 Å². The van der Waals surface area contributed by atoms with Gasteiger partial charge in [0.2, 0.25) is 17.7 Å². The Morgan fingerprint density at radius 3 is 2.37 bits per heavy atom. The van der Waals surface area contributed by atoms with Crippen molar-refractivity contribution in [3.05, 3.63) is 0 Å². The Balaban J connectivity index is 2.23. The maximum atomic E-state index is 11.4. The van der Waals surface area contributed by atoms with E-state index in [-0.39, 0.29) is 32.0 Å². The van der Waals surface area contributed by atoms with E-state index in [4.69, 9.17) is 5.11 Å². The van der Waals surface area contributed by atoms with E-state index in [2.05, 4.69) is 10.6 Å². The summed E-state index contributed by atoms with van der Waals surface area (Å²) in [7, 11) is 0. The predicted octanol–water partition coefficient (Wildman–Crippen LogP) is -3.10. The van der Waals surface area contributed by atoms with Crippen molar-refractivity contribution in [2.45, 2.75) is 12.5 Å². The summed E-state index contributed by atoms with van der Waals surface area (Å²) in [6.45, 7) is -1.03. The zero-order valence-corrected chi connectivity index (χ0v) is 10.1. The summed E-state index contributed by atoms with van der Waals surface area (Å²) in [5.41, 5.74) is 0. The van der Waals surface area contributed by atoms with Gasteiger partial charge in [0.25, 0.3) is 0 Å². The Morgan fingerprint density at radius 2 is 1.84 bits per heavy atom. The third kappa shape index (κ3) is 5.34. The molecule has 1 aliphatic heterocycles. The van der Waals surface area contributed by atoms with E-state index in [1.165, 1.54) is 4.90 Å². The van der Waals surface area contributed by atoms with E-state index >= 15 is 0 Å². The summed E-state index contributed by atoms with van der Waals surface area (Å²) < 4.78 is 0. The first kappa shape index (κ1) is 14.9. The van der Waals surface area contributed by atoms with Gasteiger partial charge in [0.05, 0.1) is 25.6 Å². The lowest BCUT2D eigenvalue weighted by Crippen LogP contribution is -2.43. The van der Waals surface area contributed by atoms with Crippen molar-refractivity contribution in [2.75, 3.05) is 26.2 Å². The lowest BCUT2D eigenvalue weighted by molar-refractivity contribution is -0.138. The second kappa shape index (κ2) is 6.69. The van der Waals surface area contributed by atoms with Gasteiger partial charge in [-0.05, 0) is 0 Å². The highest BCUT2D eigenvalue weighted by molar-refractivity contribution is 5.89. The Kier molecular flexibility index (Phi) is 5.24. The SMILES string of the molecule is O=C(O)CNC(=O)CNC(=O)CN1CC(O)CC1=O. The summed E-state index contributed by atoms with van der Waals surface area (Å²) in [5.74, 6) is -2.69. The van der Waals surface area contributed by atoms with Crippen molar-refractivity contribution in [1.82, 2.24) is 15.5 Å². The van der Waals surface area contributed by atoms with Gasteiger partial charge in [-0.2, -0.15) is 0 Å². The molecular weight excluding hydrogens is 258 g/mol. The van der Waals surface area contributed by atoms with E-state index in [1.807, 2.05) is 0 Å². The van der Waals surface area contributed by atoms with Crippen LogP contribution in [0.25, 0.3) is 0 Å². The molecule has 0 aliphatic carbocycles. The van der Waals surface area contributed by atoms with Crippen LogP contribution in [0.1, 0.15) is 6.42 Å². The number of likely N-dealkylation sites (tertiary alicyclic amines) is 1. The highest BCUT2D eigenvalue weighted by Crippen LogP contribution is 2.09. The molecule has 0 aromatic carbocycles. The van der Waals surface area contributed by atoms with Crippen molar-refractivity contribution >= 4 is 23.7 Å². The van der Waals surface area contributed by atoms with E-state index in [9.17, 15) is 24.3 Å². The van der Waals surface area contributed by atoms with Gasteiger partial charge < -0.3 is 25.7 Å². The Bertz CT molecular complexity index is 397. The number of hydrogen-bond donors (Lipinski definition) is 4. The zero-order valence-electron chi connectivity index (χ0n) is 10.1. The monoisotopic (exact) mass is 273 g/mol. The molecule has 9 heteroatoms. The maximum Gasteiger partial charge on any atom is 0.322 e. The van der Waals surface area contributed by atoms with Crippen molar-refractivity contribution < 1.29 is 29.4 Å². The van der Waals surface area contributed by atoms with Crippen molar-refractivity contribution in [3.63, 3.8) is 0 Å². The molecule has 9 nitrogen and oxygen atoms in total. The van der Waals surface area contributed by atoms with Crippen LogP contribution < -0.4 is 10.6 Å². The minimum atomic E-state index is -1.18. The molecule has 0 radical (unpaired) electrons. The molecule has 1 unspecified atom stereocenters. The Morgan fingerprint density at radius 1 is 1.21 bits per heavy atom. The first-order valence-corrected chi connectivity index (χ1v) is 5.59. The number of nitrogens with one attached hydrogen (secondary N) is 2. The molecular formula is C10H15N3O6. The van der Waals surface area contributed by atoms with Crippen molar-refractivity contribution in [3.8, 4) is 0 Å². The van der Waals surface area contributed by atoms with Crippen LogP contribution in [0, 0.1) is 0 Å². The van der Waals surface area contributed by atoms with E-state index < -0.39 is 30.4 Å². The van der Waals surface area contributed by atoms with Gasteiger partial charge in [-0.15, -0.1) is 0 Å². The van der Waals surface area contributed by atoms with Gasteiger partial charge in [-0.1, -0.05) is 0 Å². The standard InChI is InChI=1S/C10H15N3O6/c14-6-1-9(17)13(4-6)5-8(16)11-2-7(15)12-3-10(18)19/h6,14H,1-5H2,(H,11,16)(H,12,15)(H,18,19). The molecule has 106 valence electrons. The summed E-state index contributed by atoms with van der Waals surface area (Å²) in [6.07, 6.45) is -0.772. The first-order chi connectivity index (χ1) is 8.88. The molecule has 0 spiro atoms. The highest BCUT2D eigenvalue weighted by atomic mass is 16.4. The molecule has 19 heavy (non-hydrogen) atoms. The average molecular weight is 273 g/mol. The first-order valence-electron chi connectivity index (χ1n) is 5.59. The molecule has 3 amide bonds. The van der Waals surface area contributed by atoms with Gasteiger partial charge in [0.1, 0.15) is 6.54 Å². The fraction of sp³-hybridized carbons (Fsp3) is 0.600. The lowest BCUT2D eigenvalue weighted by atomic mass is 10.3. The third-order valence-electron chi connectivity index (χ3n) is 2.41. The van der Waals surface area contributed by atoms with E-state index in [0.29, 0.717) is 0 Å². The molecule has 1 rings (SSSR count). The molecule has 0 aromatic heterocycles. The fourth-order valence-electron chi connectivity index (χ4n) is 1.55. The number of carboxylic acid groups (broad SMARTS) is 1. The summed E-state index contributed by atoms with van der Waals surface area (Å²) in [6, 6.07) is 0. The van der Waals surface area contributed by atoms with Crippen LogP contribution in [0.3, 0.4) is 0 Å². The molecule has 1 saturated heterocycles. The van der Waals surface area contributed by atoms with Crippen molar-refractivity contribution in [2.24, 2.45) is 0 Å². The number of amides is 3. The number of aliphatic carboxylic acids is 1. The molecule has 0 saturated carbocycles. The van der Waals surface area contributed by atoms with Crippen LogP contribution in [-0.2, 0) is 19.2 Å². The molecule has 1 fully saturated rings. The van der Waals surface area contributed by atoms with Crippen LogP contribution in [0.5, 0.6) is 0 Å². The number of aliphatic hydroxyl groups is 1. The fourth-order valence-corrected chi connectivity index (χ4v) is 1.55. The maximum absolute atomic E-state index is 11.4. The zero-order chi connectivity index (χ0) is 14.4. The summed E-state index contributed by atoms with van der Waals surface area (Å²) in [4.78, 5) is 45.1. The second-order valence-corrected chi connectivity index (χ2v) is 4.08. The summed E-state index contributed by atoms with van der Waals surface area (Å²) in [5, 5.41) is 21.8. The smallest absolute Gasteiger partial charge is 0.322 e. The molecule has 4 N–H and O–H groups in total. The number of carboxylic acids is 1. The molecule has 1 atom stereocenters. The van der Waals surface area contributed by atoms with Gasteiger partial charge in [0, 0.05) is 6.54 Å². The minimum absolute atomic E-state index is 0.00756. The summed E-state index contributed by atoms with van der Waals surface area (Å²) >= 11 is 0. The highest BCUT2D eigenvalue weighted by Gasteiger charge is 2.29. The van der Waals surface area contributed by atoms with Crippen LogP contribution in [-0.4, -0.2) is 71.1 Å². The molecule has 0 bridgehead atoms. The third-order valence-corrected chi connectivity index (χ3v) is 2.41. The quantitative estimate of drug-likeness (QED) is 0.404. The van der Waals surface area contributed by atoms with Crippen molar-refractivity contribution in [1.29, 1.82) is 0 Å². The van der Waals surface area contributed by atoms with Crippen LogP contribution >= 0.6 is 0 Å². The van der Waals surface area contributed by atoms with Crippen LogP contribution in [0.15, 0.2) is 0 Å². The van der Waals surface area contributed by atoms with Gasteiger partial charge >= 0.3 is 5.97 Å². The number of nitrogens with zero attached hydrogens (tertiary/aromatic N) is 1. The lowest BCUT2D eigenvalue weighted by Gasteiger charge is -2.14. The molecule has 1 aliphatic rings. The molecule has 1 heterocycles. The number of carbonyl (C=O) groups is 4. The van der Waals surface area contributed by atoms with Crippen LogP contribution in [0.2, 0.25) is 0 Å². The number of rotatable bonds is 6. The largest absolute Gasteiger partial charge is 0.480 e. The average Bonchev–Trinajstić information content (AvgIpc) is 2.62. The van der Waals surface area contributed by atoms with Gasteiger partial charge in [-0.25, -0.2) is 0 Å². The minimum Gasteiger partial charge on any atom is -0.480 e. The number of carbonyl (C=O) groups excluding carboxylic acids is 3. The number of aliphatic hydroxyl groups excluding tert-OH is 1. The van der Waals surface area contributed by atoms with Gasteiger partial charge in [0.15, 0.2) is 0 Å². The normalized spacial score (nSPS) is 18.3. The Labute approximate surface area is 108 Å². The van der Waals surface area contributed by atoms with Gasteiger partial charge in [-0.3, -0.25) is 19.2 Å². The second-order valence-electron chi connectivity index (χ2n) is 4.08.